The van der Waals surface area contributed by atoms with Crippen LogP contribution < -0.4 is 4.90 Å². The fraction of sp³-hybridized carbons (Fsp3) is 0.314. The van der Waals surface area contributed by atoms with Gasteiger partial charge in [0.2, 0.25) is 0 Å². The van der Waals surface area contributed by atoms with Gasteiger partial charge >= 0.3 is 0 Å². The average molecular weight is 593 g/mol. The summed E-state index contributed by atoms with van der Waals surface area (Å²) in [5, 5.41) is 23.1. The summed E-state index contributed by atoms with van der Waals surface area (Å²) in [6.07, 6.45) is 11.2. The van der Waals surface area contributed by atoms with Crippen molar-refractivity contribution in [1.82, 2.24) is 39.5 Å². The summed E-state index contributed by atoms with van der Waals surface area (Å²) in [6, 6.07) is 21.9. The van der Waals surface area contributed by atoms with Gasteiger partial charge in [0.05, 0.1) is 34.7 Å². The van der Waals surface area contributed by atoms with E-state index in [-0.39, 0.29) is 0 Å². The summed E-state index contributed by atoms with van der Waals surface area (Å²) in [4.78, 5) is 14.7. The van der Waals surface area contributed by atoms with Crippen LogP contribution in [0.15, 0.2) is 79.4 Å². The summed E-state index contributed by atoms with van der Waals surface area (Å²) in [5.74, 6) is 2.68. The number of aromatic nitrogens is 7. The maximum atomic E-state index is 9.84. The number of pyridine rings is 3. The van der Waals surface area contributed by atoms with Gasteiger partial charge in [-0.25, -0.2) is 14.2 Å². The van der Waals surface area contributed by atoms with Crippen molar-refractivity contribution < 1.29 is 0 Å². The Morgan fingerprint density at radius 3 is 2.58 bits per heavy atom. The Kier molecular flexibility index (Phi) is 5.96. The quantitative estimate of drug-likeness (QED) is 0.254. The zero-order chi connectivity index (χ0) is 30.1. The van der Waals surface area contributed by atoms with Gasteiger partial charge in [-0.2, -0.15) is 10.4 Å². The van der Waals surface area contributed by atoms with E-state index in [1.165, 1.54) is 24.1 Å². The highest BCUT2D eigenvalue weighted by Gasteiger charge is 2.44. The Morgan fingerprint density at radius 2 is 1.82 bits per heavy atom. The molecular formula is C35H32N10. The molecule has 3 aliphatic heterocycles. The van der Waals surface area contributed by atoms with Gasteiger partial charge in [0.15, 0.2) is 0 Å². The summed E-state index contributed by atoms with van der Waals surface area (Å²) < 4.78 is 3.55. The molecule has 2 bridgehead atoms. The highest BCUT2D eigenvalue weighted by molar-refractivity contribution is 5.86. The topological polar surface area (TPSA) is 104 Å². The van der Waals surface area contributed by atoms with Gasteiger partial charge in [0, 0.05) is 60.9 Å². The largest absolute Gasteiger partial charge is 0.353 e. The number of rotatable bonds is 7. The molecule has 4 atom stereocenters. The number of hydrogen-bond donors (Lipinski definition) is 0. The number of hydrogen-bond acceptors (Lipinski definition) is 8. The van der Waals surface area contributed by atoms with Gasteiger partial charge in [0.1, 0.15) is 17.4 Å². The zero-order valence-corrected chi connectivity index (χ0v) is 25.0. The van der Waals surface area contributed by atoms with Crippen molar-refractivity contribution in [2.24, 2.45) is 11.8 Å². The lowest BCUT2D eigenvalue weighted by Crippen LogP contribution is -2.68. The van der Waals surface area contributed by atoms with Crippen LogP contribution in [0.25, 0.3) is 33.4 Å². The van der Waals surface area contributed by atoms with E-state index in [2.05, 4.69) is 68.7 Å². The first-order chi connectivity index (χ1) is 22.1. The number of fused-ring (bicyclic) bond motifs is 4. The molecule has 4 aliphatic rings. The zero-order valence-electron chi connectivity index (χ0n) is 25.0. The minimum absolute atomic E-state index is 0.516. The maximum Gasteiger partial charge on any atom is 0.128 e. The molecule has 1 aromatic carbocycles. The molecule has 8 heterocycles. The van der Waals surface area contributed by atoms with Gasteiger partial charge in [-0.1, -0.05) is 30.3 Å². The molecule has 10 heteroatoms. The van der Waals surface area contributed by atoms with E-state index in [1.54, 1.807) is 15.4 Å². The Bertz CT molecular complexity index is 2080. The molecule has 10 nitrogen and oxygen atoms in total. The van der Waals surface area contributed by atoms with E-state index in [0.29, 0.717) is 17.6 Å². The molecular weight excluding hydrogens is 560 g/mol. The van der Waals surface area contributed by atoms with Crippen LogP contribution in [-0.4, -0.2) is 64.6 Å². The molecule has 0 amide bonds. The van der Waals surface area contributed by atoms with E-state index in [4.69, 9.17) is 9.97 Å². The second kappa shape index (κ2) is 10.2. The molecule has 4 fully saturated rings. The van der Waals surface area contributed by atoms with Crippen LogP contribution in [0.3, 0.4) is 0 Å². The summed E-state index contributed by atoms with van der Waals surface area (Å²) >= 11 is 0. The number of nitriles is 1. The van der Waals surface area contributed by atoms with Gasteiger partial charge in [0.25, 0.3) is 0 Å². The van der Waals surface area contributed by atoms with Gasteiger partial charge in [-0.15, -0.1) is 5.10 Å². The normalized spacial score (nSPS) is 22.4. The summed E-state index contributed by atoms with van der Waals surface area (Å²) in [6.45, 7) is 5.23. The molecule has 0 radical (unpaired) electrons. The van der Waals surface area contributed by atoms with E-state index in [0.717, 1.165) is 77.1 Å². The van der Waals surface area contributed by atoms with E-state index in [1.807, 2.05) is 42.7 Å². The van der Waals surface area contributed by atoms with Crippen LogP contribution in [0.4, 0.5) is 5.82 Å². The van der Waals surface area contributed by atoms with Crippen molar-refractivity contribution in [2.75, 3.05) is 18.0 Å². The minimum Gasteiger partial charge on any atom is -0.353 e. The molecule has 1 aliphatic carbocycles. The fourth-order valence-corrected chi connectivity index (χ4v) is 7.28. The number of piperazine rings is 1. The minimum atomic E-state index is 0.516. The number of piperidine rings is 1. The Labute approximate surface area is 260 Å². The monoisotopic (exact) mass is 592 g/mol. The molecule has 3 saturated heterocycles. The first-order valence-electron chi connectivity index (χ1n) is 15.7. The fourth-order valence-electron chi connectivity index (χ4n) is 7.28. The van der Waals surface area contributed by atoms with Crippen molar-refractivity contribution in [2.45, 2.75) is 44.8 Å². The van der Waals surface area contributed by atoms with Crippen molar-refractivity contribution >= 4 is 22.4 Å². The predicted octanol–water partition coefficient (Wildman–Crippen LogP) is 5.06. The molecule has 10 rings (SSSR count). The molecule has 4 unspecified atom stereocenters. The SMILES string of the molecule is CC1CC1Cc1ccc(CN2C3CC2CN(c2ccc(-c4cc(-n5nnc6ccccc65)cn5ncc(C#N)c45)cn2)C3)cn1. The van der Waals surface area contributed by atoms with Gasteiger partial charge in [-0.3, -0.25) is 9.88 Å². The van der Waals surface area contributed by atoms with Crippen LogP contribution >= 0.6 is 0 Å². The lowest BCUT2D eigenvalue weighted by atomic mass is 9.87. The number of benzene rings is 1. The molecule has 0 spiro atoms. The van der Waals surface area contributed by atoms with Crippen molar-refractivity contribution in [3.63, 3.8) is 0 Å². The maximum absolute atomic E-state index is 9.84. The molecule has 6 aromatic rings. The Morgan fingerprint density at radius 1 is 0.956 bits per heavy atom. The highest BCUT2D eigenvalue weighted by atomic mass is 15.4. The summed E-state index contributed by atoms with van der Waals surface area (Å²) in [5.41, 5.74) is 8.12. The van der Waals surface area contributed by atoms with E-state index < -0.39 is 0 Å². The van der Waals surface area contributed by atoms with Gasteiger partial charge in [-0.05, 0) is 73.1 Å². The van der Waals surface area contributed by atoms with Crippen molar-refractivity contribution in [3.8, 4) is 22.9 Å². The number of nitrogens with zero attached hydrogens (tertiary/aromatic N) is 10. The molecule has 0 N–H and O–H groups in total. The van der Waals surface area contributed by atoms with Gasteiger partial charge < -0.3 is 4.90 Å². The first kappa shape index (κ1) is 26.3. The standard InChI is InChI=1S/C35H32N10/c1-22-10-25(22)11-27-8-6-23(15-37-27)18-43-28-12-29(43)20-42(19-28)34-9-7-24(16-38-34)31-13-30(21-44-35(31)26(14-36)17-39-44)45-33-5-3-2-4-32(33)40-41-45/h2-9,13,15-17,21-22,25,28-29H,10-12,18-20H2,1H3. The van der Waals surface area contributed by atoms with Crippen LogP contribution in [0, 0.1) is 23.2 Å². The smallest absolute Gasteiger partial charge is 0.128 e. The van der Waals surface area contributed by atoms with Crippen LogP contribution in [0.5, 0.6) is 0 Å². The Hall–Kier alpha value is -5.14. The Balaban J connectivity index is 0.942. The number of para-hydroxylation sites is 1. The van der Waals surface area contributed by atoms with Crippen LogP contribution in [-0.2, 0) is 13.0 Å². The second-order valence-corrected chi connectivity index (χ2v) is 12.9. The second-order valence-electron chi connectivity index (χ2n) is 12.9. The number of anilines is 1. The average Bonchev–Trinajstić information content (AvgIpc) is 3.43. The lowest BCUT2D eigenvalue weighted by molar-refractivity contribution is -0.00876. The molecule has 45 heavy (non-hydrogen) atoms. The van der Waals surface area contributed by atoms with E-state index in [9.17, 15) is 5.26 Å². The van der Waals surface area contributed by atoms with Crippen LogP contribution in [0.1, 0.15) is 36.6 Å². The van der Waals surface area contributed by atoms with Crippen LogP contribution in [0.2, 0.25) is 0 Å². The lowest BCUT2D eigenvalue weighted by Gasteiger charge is -2.56. The highest BCUT2D eigenvalue weighted by Crippen LogP contribution is 2.40. The predicted molar refractivity (Wildman–Crippen MR) is 171 cm³/mol. The molecule has 1 saturated carbocycles. The van der Waals surface area contributed by atoms with E-state index >= 15 is 0 Å². The third-order valence-corrected chi connectivity index (χ3v) is 10.0. The van der Waals surface area contributed by atoms with Crippen molar-refractivity contribution in [3.05, 3.63) is 96.2 Å². The van der Waals surface area contributed by atoms with Crippen molar-refractivity contribution in [1.29, 1.82) is 5.26 Å². The first-order valence-corrected chi connectivity index (χ1v) is 15.7. The summed E-state index contributed by atoms with van der Waals surface area (Å²) in [7, 11) is 0. The third-order valence-electron chi connectivity index (χ3n) is 10.0. The molecule has 5 aromatic heterocycles. The molecule has 222 valence electrons. The third kappa shape index (κ3) is 4.54.